The zero-order chi connectivity index (χ0) is 22.9. The highest BCUT2D eigenvalue weighted by Crippen LogP contribution is 2.39. The number of tetrazole rings is 1. The Hall–Kier alpha value is -4.07. The minimum absolute atomic E-state index is 0.525. The van der Waals surface area contributed by atoms with Gasteiger partial charge < -0.3 is 10.0 Å². The fraction of sp³-hybridized carbons (Fsp3) is 0.0385. The van der Waals surface area contributed by atoms with Gasteiger partial charge in [-0.2, -0.15) is 0 Å². The Morgan fingerprint density at radius 2 is 0.970 bits per heavy atom. The Bertz CT molecular complexity index is 1120. The minimum atomic E-state index is -1.34. The van der Waals surface area contributed by atoms with E-state index in [1.807, 2.05) is 65.3 Å². The van der Waals surface area contributed by atoms with Crippen molar-refractivity contribution in [2.24, 2.45) is 0 Å². The highest BCUT2D eigenvalue weighted by Gasteiger charge is 2.39. The molecule has 162 valence electrons. The van der Waals surface area contributed by atoms with Gasteiger partial charge in [0.25, 0.3) is 0 Å². The molecule has 7 heteroatoms. The average Bonchev–Trinajstić information content (AvgIpc) is 3.43. The summed E-state index contributed by atoms with van der Waals surface area (Å²) in [4.78, 5) is 0. The van der Waals surface area contributed by atoms with Gasteiger partial charge in [0.2, 0.25) is 0 Å². The second kappa shape index (κ2) is 10.5. The summed E-state index contributed by atoms with van der Waals surface area (Å²) >= 11 is 0. The molecule has 4 aromatic carbocycles. The quantitative estimate of drug-likeness (QED) is 0.328. The summed E-state index contributed by atoms with van der Waals surface area (Å²) < 4.78 is 1.83. The van der Waals surface area contributed by atoms with Crippen molar-refractivity contribution in [3.05, 3.63) is 144 Å². The van der Waals surface area contributed by atoms with Crippen LogP contribution in [-0.2, 0) is 5.54 Å². The van der Waals surface area contributed by atoms with Gasteiger partial charge in [0.05, 0.1) is 0 Å². The molecule has 0 aliphatic rings. The van der Waals surface area contributed by atoms with E-state index in [-0.39, 0.29) is 0 Å². The molecule has 0 atom stereocenters. The Balaban J connectivity index is 0.000000243. The lowest BCUT2D eigenvalue weighted by Gasteiger charge is -2.35. The van der Waals surface area contributed by atoms with Gasteiger partial charge >= 0.3 is 7.12 Å². The Morgan fingerprint density at radius 1 is 0.576 bits per heavy atom. The van der Waals surface area contributed by atoms with E-state index in [2.05, 4.69) is 51.9 Å². The molecule has 1 aromatic heterocycles. The standard InChI is InChI=1S/C20H16N4.C6H7BO2/c1-4-10-17(11-5-1)20(24-16-21-22-23-24,18-12-6-2-7-13-18)19-14-8-3-9-15-19;8-7(9)6-4-2-1-3-5-6/h1-16H;1-5,8-9H. The maximum atomic E-state index is 8.58. The zero-order valence-electron chi connectivity index (χ0n) is 17.9. The van der Waals surface area contributed by atoms with Gasteiger partial charge in [0, 0.05) is 0 Å². The Morgan fingerprint density at radius 3 is 1.27 bits per heavy atom. The lowest BCUT2D eigenvalue weighted by atomic mass is 9.77. The van der Waals surface area contributed by atoms with Crippen LogP contribution in [0, 0.1) is 0 Å². The molecule has 0 saturated carbocycles. The molecule has 2 N–H and O–H groups in total. The topological polar surface area (TPSA) is 84.1 Å². The maximum absolute atomic E-state index is 8.58. The van der Waals surface area contributed by atoms with E-state index in [4.69, 9.17) is 10.0 Å². The summed E-state index contributed by atoms with van der Waals surface area (Å²) in [6.45, 7) is 0. The monoisotopic (exact) mass is 434 g/mol. The number of benzene rings is 4. The Kier molecular flexibility index (Phi) is 7.04. The van der Waals surface area contributed by atoms with Crippen molar-refractivity contribution in [2.75, 3.05) is 0 Å². The van der Waals surface area contributed by atoms with E-state index in [1.165, 1.54) is 0 Å². The summed E-state index contributed by atoms with van der Waals surface area (Å²) in [5.41, 5.74) is 3.23. The van der Waals surface area contributed by atoms with E-state index in [9.17, 15) is 0 Å². The van der Waals surface area contributed by atoms with Crippen LogP contribution >= 0.6 is 0 Å². The first-order chi connectivity index (χ1) is 16.2. The van der Waals surface area contributed by atoms with Gasteiger partial charge in [0.15, 0.2) is 0 Å². The minimum Gasteiger partial charge on any atom is -0.423 e. The maximum Gasteiger partial charge on any atom is 0.488 e. The third-order valence-corrected chi connectivity index (χ3v) is 5.37. The molecule has 0 aliphatic carbocycles. The molecule has 33 heavy (non-hydrogen) atoms. The van der Waals surface area contributed by atoms with Crippen molar-refractivity contribution in [1.82, 2.24) is 20.2 Å². The van der Waals surface area contributed by atoms with Gasteiger partial charge in [-0.25, -0.2) is 4.68 Å². The number of aromatic nitrogens is 4. The molecular weight excluding hydrogens is 411 g/mol. The highest BCUT2D eigenvalue weighted by atomic mass is 16.4. The first kappa shape index (κ1) is 22.1. The van der Waals surface area contributed by atoms with Gasteiger partial charge in [-0.3, -0.25) is 0 Å². The van der Waals surface area contributed by atoms with Crippen molar-refractivity contribution in [2.45, 2.75) is 5.54 Å². The average molecular weight is 434 g/mol. The van der Waals surface area contributed by atoms with Crippen molar-refractivity contribution in [3.8, 4) is 0 Å². The van der Waals surface area contributed by atoms with Crippen LogP contribution in [0.25, 0.3) is 0 Å². The van der Waals surface area contributed by atoms with Crippen LogP contribution in [0.2, 0.25) is 0 Å². The van der Waals surface area contributed by atoms with Gasteiger partial charge in [-0.15, -0.1) is 5.10 Å². The Labute approximate surface area is 192 Å². The molecule has 5 rings (SSSR count). The van der Waals surface area contributed by atoms with Crippen LogP contribution in [0.5, 0.6) is 0 Å². The summed E-state index contributed by atoms with van der Waals surface area (Å²) in [5, 5.41) is 29.2. The molecule has 5 aromatic rings. The molecular formula is C26H23BN4O2. The lowest BCUT2D eigenvalue weighted by Crippen LogP contribution is -2.38. The predicted molar refractivity (Wildman–Crippen MR) is 129 cm³/mol. The van der Waals surface area contributed by atoms with Crippen molar-refractivity contribution in [1.29, 1.82) is 0 Å². The van der Waals surface area contributed by atoms with Crippen molar-refractivity contribution in [3.63, 3.8) is 0 Å². The molecule has 0 aliphatic heterocycles. The number of hydrogen-bond donors (Lipinski definition) is 2. The van der Waals surface area contributed by atoms with E-state index in [0.717, 1.165) is 16.7 Å². The van der Waals surface area contributed by atoms with Gasteiger partial charge in [0.1, 0.15) is 11.9 Å². The van der Waals surface area contributed by atoms with Crippen LogP contribution in [0.15, 0.2) is 128 Å². The van der Waals surface area contributed by atoms with Crippen LogP contribution in [-0.4, -0.2) is 37.4 Å². The summed E-state index contributed by atoms with van der Waals surface area (Å²) in [6, 6.07) is 39.6. The SMILES string of the molecule is OB(O)c1ccccc1.c1ccc(C(c2ccccc2)(c2ccccc2)n2cnnn2)cc1. The lowest BCUT2D eigenvalue weighted by molar-refractivity contribution is 0.426. The normalized spacial score (nSPS) is 10.7. The second-order valence-electron chi connectivity index (χ2n) is 7.35. The fourth-order valence-electron chi connectivity index (χ4n) is 3.88. The van der Waals surface area contributed by atoms with Gasteiger partial charge in [-0.1, -0.05) is 121 Å². The van der Waals surface area contributed by atoms with Crippen LogP contribution in [0.3, 0.4) is 0 Å². The smallest absolute Gasteiger partial charge is 0.423 e. The second-order valence-corrected chi connectivity index (χ2v) is 7.35. The third-order valence-electron chi connectivity index (χ3n) is 5.37. The first-order valence-electron chi connectivity index (χ1n) is 10.5. The van der Waals surface area contributed by atoms with E-state index >= 15 is 0 Å². The van der Waals surface area contributed by atoms with Crippen molar-refractivity contribution < 1.29 is 10.0 Å². The molecule has 0 radical (unpaired) electrons. The van der Waals surface area contributed by atoms with E-state index < -0.39 is 12.7 Å². The largest absolute Gasteiger partial charge is 0.488 e. The van der Waals surface area contributed by atoms with E-state index in [1.54, 1.807) is 30.6 Å². The van der Waals surface area contributed by atoms with Crippen molar-refractivity contribution >= 4 is 12.6 Å². The first-order valence-corrected chi connectivity index (χ1v) is 10.5. The molecule has 0 saturated heterocycles. The van der Waals surface area contributed by atoms with Crippen LogP contribution in [0.1, 0.15) is 16.7 Å². The zero-order valence-corrected chi connectivity index (χ0v) is 17.9. The molecule has 0 bridgehead atoms. The molecule has 0 amide bonds. The van der Waals surface area contributed by atoms with E-state index in [0.29, 0.717) is 5.46 Å². The highest BCUT2D eigenvalue weighted by molar-refractivity contribution is 6.58. The van der Waals surface area contributed by atoms with Gasteiger partial charge in [-0.05, 0) is 32.6 Å². The predicted octanol–water partition coefficient (Wildman–Crippen LogP) is 2.88. The number of hydrogen-bond acceptors (Lipinski definition) is 5. The molecule has 0 unspecified atom stereocenters. The fourth-order valence-corrected chi connectivity index (χ4v) is 3.88. The summed E-state index contributed by atoms with van der Waals surface area (Å²) in [6.07, 6.45) is 1.67. The third kappa shape index (κ3) is 4.74. The molecule has 1 heterocycles. The van der Waals surface area contributed by atoms with Crippen LogP contribution in [0.4, 0.5) is 0 Å². The molecule has 0 fully saturated rings. The van der Waals surface area contributed by atoms with Crippen LogP contribution < -0.4 is 5.46 Å². The summed E-state index contributed by atoms with van der Waals surface area (Å²) in [5.74, 6) is 0. The number of rotatable bonds is 5. The number of nitrogens with zero attached hydrogens (tertiary/aromatic N) is 4. The summed E-state index contributed by atoms with van der Waals surface area (Å²) in [7, 11) is -1.34. The molecule has 6 nitrogen and oxygen atoms in total. The molecule has 0 spiro atoms.